The van der Waals surface area contributed by atoms with Crippen molar-refractivity contribution in [3.63, 3.8) is 0 Å². The molecule has 0 aliphatic carbocycles. The zero-order valence-electron chi connectivity index (χ0n) is 37.8. The molecule has 2 aliphatic rings. The highest BCUT2D eigenvalue weighted by Gasteiger charge is 2.37. The number of rotatable bonds is 10. The van der Waals surface area contributed by atoms with E-state index in [4.69, 9.17) is 9.47 Å². The predicted molar refractivity (Wildman–Crippen MR) is 266 cm³/mol. The van der Waals surface area contributed by atoms with Crippen LogP contribution >= 0.6 is 0 Å². The van der Waals surface area contributed by atoms with Crippen molar-refractivity contribution in [2.45, 2.75) is 66.6 Å². The summed E-state index contributed by atoms with van der Waals surface area (Å²) in [5.74, 6) is 1.66. The largest absolute Gasteiger partial charge is 0.505 e. The number of benzene rings is 6. The zero-order valence-corrected chi connectivity index (χ0v) is 37.8. The maximum absolute atomic E-state index is 12.3. The van der Waals surface area contributed by atoms with Gasteiger partial charge < -0.3 is 29.5 Å². The summed E-state index contributed by atoms with van der Waals surface area (Å²) in [7, 11) is 0. The molecule has 2 heterocycles. The Morgan fingerprint density at radius 3 is 1.62 bits per heavy atom. The summed E-state index contributed by atoms with van der Waals surface area (Å²) in [5, 5.41) is 24.5. The van der Waals surface area contributed by atoms with Gasteiger partial charge in [-0.1, -0.05) is 136 Å². The van der Waals surface area contributed by atoms with Crippen LogP contribution in [-0.4, -0.2) is 29.0 Å². The number of ether oxygens (including phenoxy) is 2. The maximum Gasteiger partial charge on any atom is 0.147 e. The predicted octanol–water partition coefficient (Wildman–Crippen LogP) is 14.4. The number of nitrogens with zero attached hydrogens (tertiary/aromatic N) is 2. The summed E-state index contributed by atoms with van der Waals surface area (Å²) in [6.07, 6.45) is 17.4. The van der Waals surface area contributed by atoms with E-state index in [1.54, 1.807) is 0 Å². The molecule has 0 saturated carbocycles. The molecule has 0 saturated heterocycles. The van der Waals surface area contributed by atoms with Crippen LogP contribution in [0.3, 0.4) is 0 Å². The van der Waals surface area contributed by atoms with Gasteiger partial charge in [-0.15, -0.1) is 0 Å². The lowest BCUT2D eigenvalue weighted by Gasteiger charge is -2.38. The molecule has 324 valence electrons. The van der Waals surface area contributed by atoms with E-state index in [0.29, 0.717) is 34.9 Å². The minimum Gasteiger partial charge on any atom is -0.505 e. The average Bonchev–Trinajstić information content (AvgIpc) is 3.44. The monoisotopic (exact) mass is 846 g/mol. The van der Waals surface area contributed by atoms with Crippen LogP contribution in [0.1, 0.15) is 49.9 Å². The molecule has 0 bridgehead atoms. The van der Waals surface area contributed by atoms with Crippen LogP contribution in [0, 0.1) is 19.3 Å². The molecule has 2 aliphatic heterocycles. The Balaban J connectivity index is 1.08. The summed E-state index contributed by atoms with van der Waals surface area (Å²) in [6, 6.07) is 40.6. The lowest BCUT2D eigenvalue weighted by Crippen LogP contribution is -2.43. The third-order valence-corrected chi connectivity index (χ3v) is 12.7. The van der Waals surface area contributed by atoms with E-state index in [0.717, 1.165) is 63.4 Å². The Morgan fingerprint density at radius 1 is 0.547 bits per heavy atom. The highest BCUT2D eigenvalue weighted by molar-refractivity contribution is 5.88. The number of hydrogen-bond donors (Lipinski definition) is 2. The fourth-order valence-electron chi connectivity index (χ4n) is 8.55. The minimum atomic E-state index is -0.516. The first kappa shape index (κ1) is 43.5. The fraction of sp³-hybridized carbons (Fsp3) is 0.207. The molecule has 6 aromatic rings. The van der Waals surface area contributed by atoms with Gasteiger partial charge in [0.1, 0.15) is 35.2 Å². The molecule has 6 heteroatoms. The molecule has 6 aromatic carbocycles. The van der Waals surface area contributed by atoms with Crippen molar-refractivity contribution in [2.75, 3.05) is 16.3 Å². The number of aromatic hydroxyl groups is 2. The zero-order chi connectivity index (χ0) is 45.0. The van der Waals surface area contributed by atoms with Gasteiger partial charge in [-0.2, -0.15) is 0 Å². The molecular weight excluding hydrogens is 789 g/mol. The molecule has 6 nitrogen and oxygen atoms in total. The molecule has 0 amide bonds. The van der Waals surface area contributed by atoms with Crippen molar-refractivity contribution in [1.29, 1.82) is 0 Å². The van der Waals surface area contributed by atoms with Gasteiger partial charge in [0.25, 0.3) is 0 Å². The first-order chi connectivity index (χ1) is 30.9. The second-order valence-electron chi connectivity index (χ2n) is 17.4. The van der Waals surface area contributed by atoms with Crippen molar-refractivity contribution in [3.8, 4) is 45.3 Å². The van der Waals surface area contributed by atoms with Gasteiger partial charge in [0.05, 0.1) is 11.4 Å². The highest BCUT2D eigenvalue weighted by Crippen LogP contribution is 2.48. The van der Waals surface area contributed by atoms with Gasteiger partial charge in [-0.3, -0.25) is 0 Å². The Morgan fingerprint density at radius 2 is 1.02 bits per heavy atom. The standard InChI is InChI=1S/C58H58N2O4/c1-39-35-48(56(61)52(37-39)59-34-22-9-8-12-24-44-26-14-18-30-50(44)59)46-28-16-20-32-54(46)63-42(4)58(6,7)43(5)64-55-33-21-17-29-47(55)49-36-40(2)38-53(57(49)62)60-41(3)23-11-10-13-25-45-27-15-19-31-51(45)60/h8-23,26-33,35-38,42-43,61-62H,3,24-25,34H2,1-2,4-7H3/b12-8-,13-10-,22-9-,23-11-/t42?,43-/m1/s1. The molecule has 0 spiro atoms. The molecule has 2 N–H and O–H groups in total. The summed E-state index contributed by atoms with van der Waals surface area (Å²) < 4.78 is 13.9. The van der Waals surface area contributed by atoms with Crippen molar-refractivity contribution in [1.82, 2.24) is 0 Å². The normalized spacial score (nSPS) is 16.9. The number of allylic oxidation sites excluding steroid dienone is 7. The topological polar surface area (TPSA) is 65.4 Å². The fourth-order valence-corrected chi connectivity index (χ4v) is 8.55. The molecule has 2 atom stereocenters. The van der Waals surface area contributed by atoms with Crippen LogP contribution in [0.15, 0.2) is 182 Å². The highest BCUT2D eigenvalue weighted by atomic mass is 16.5. The lowest BCUT2D eigenvalue weighted by atomic mass is 9.82. The summed E-state index contributed by atoms with van der Waals surface area (Å²) in [5.41, 5.74) is 10.9. The third kappa shape index (κ3) is 8.87. The Hall–Kier alpha value is -7.18. The molecule has 0 fully saturated rings. The number of aryl methyl sites for hydroxylation is 2. The lowest BCUT2D eigenvalue weighted by molar-refractivity contribution is -0.00280. The Labute approximate surface area is 379 Å². The molecule has 0 aromatic heterocycles. The number of fused-ring (bicyclic) bond motifs is 2. The summed E-state index contributed by atoms with van der Waals surface area (Å²) >= 11 is 0. The minimum absolute atomic E-state index is 0.139. The summed E-state index contributed by atoms with van der Waals surface area (Å²) in [6.45, 7) is 17.6. The molecule has 1 unspecified atom stereocenters. The molecule has 64 heavy (non-hydrogen) atoms. The molecule has 0 radical (unpaired) electrons. The van der Waals surface area contributed by atoms with E-state index in [-0.39, 0.29) is 23.7 Å². The van der Waals surface area contributed by atoms with Crippen molar-refractivity contribution in [3.05, 3.63) is 204 Å². The van der Waals surface area contributed by atoms with Gasteiger partial charge in [-0.25, -0.2) is 0 Å². The second kappa shape index (κ2) is 18.7. The van der Waals surface area contributed by atoms with E-state index in [1.807, 2.05) is 109 Å². The first-order valence-electron chi connectivity index (χ1n) is 22.2. The quantitative estimate of drug-likeness (QED) is 0.143. The van der Waals surface area contributed by atoms with Gasteiger partial charge in [0.15, 0.2) is 0 Å². The van der Waals surface area contributed by atoms with Gasteiger partial charge >= 0.3 is 0 Å². The Kier molecular flexibility index (Phi) is 12.7. The van der Waals surface area contributed by atoms with Crippen LogP contribution in [0.5, 0.6) is 23.0 Å². The van der Waals surface area contributed by atoms with E-state index >= 15 is 0 Å². The van der Waals surface area contributed by atoms with Crippen molar-refractivity contribution in [2.24, 2.45) is 5.41 Å². The van der Waals surface area contributed by atoms with E-state index < -0.39 is 5.41 Å². The molecular formula is C58H58N2O4. The number of para-hydroxylation sites is 4. The van der Waals surface area contributed by atoms with E-state index in [9.17, 15) is 10.2 Å². The maximum atomic E-state index is 12.3. The first-order valence-corrected chi connectivity index (χ1v) is 22.2. The van der Waals surface area contributed by atoms with Crippen LogP contribution in [-0.2, 0) is 12.8 Å². The number of hydrogen-bond acceptors (Lipinski definition) is 6. The van der Waals surface area contributed by atoms with Crippen LogP contribution in [0.4, 0.5) is 22.7 Å². The van der Waals surface area contributed by atoms with Gasteiger partial charge in [0.2, 0.25) is 0 Å². The number of phenols is 2. The smallest absolute Gasteiger partial charge is 0.147 e. The van der Waals surface area contributed by atoms with Crippen molar-refractivity contribution >= 4 is 22.7 Å². The molecule has 8 rings (SSSR count). The third-order valence-electron chi connectivity index (χ3n) is 12.7. The SMILES string of the molecule is C=C1/C=C\C=C/Cc2ccccc2N1c1cc(C)cc(-c2ccccc2O[C@H](C)C(C)(C)C(C)Oc2ccccc2-c2cc(C)cc(N3C/C=C\C=C/Cc4ccccc43)c2O)c1O. The van der Waals surface area contributed by atoms with Crippen LogP contribution < -0.4 is 19.3 Å². The number of phenolic OH excluding ortho intramolecular Hbond substituents is 2. The number of anilines is 4. The Bertz CT molecular complexity index is 2810. The average molecular weight is 847 g/mol. The van der Waals surface area contributed by atoms with Gasteiger partial charge in [-0.05, 0) is 117 Å². The van der Waals surface area contributed by atoms with Gasteiger partial charge in [0, 0.05) is 51.3 Å². The van der Waals surface area contributed by atoms with Crippen LogP contribution in [0.2, 0.25) is 0 Å². The van der Waals surface area contributed by atoms with E-state index in [1.165, 1.54) is 5.56 Å². The summed E-state index contributed by atoms with van der Waals surface area (Å²) in [4.78, 5) is 4.23. The van der Waals surface area contributed by atoms with E-state index in [2.05, 4.69) is 119 Å². The van der Waals surface area contributed by atoms with Crippen molar-refractivity contribution < 1.29 is 19.7 Å². The second-order valence-corrected chi connectivity index (χ2v) is 17.4. The van der Waals surface area contributed by atoms with Crippen LogP contribution in [0.25, 0.3) is 22.3 Å².